The summed E-state index contributed by atoms with van der Waals surface area (Å²) in [7, 11) is 0. The molecular formula is C31H45F2N7O4S. The van der Waals surface area contributed by atoms with E-state index in [1.165, 1.54) is 17.2 Å². The smallest absolute Gasteiger partial charge is 0.270 e. The minimum Gasteiger partial charge on any atom is -0.373 e. The molecule has 2 aromatic heterocycles. The van der Waals surface area contributed by atoms with Crippen LogP contribution in [0, 0.1) is 11.8 Å². The molecule has 4 heterocycles. The molecular weight excluding hydrogens is 604 g/mol. The highest BCUT2D eigenvalue weighted by Gasteiger charge is 2.43. The van der Waals surface area contributed by atoms with E-state index in [1.54, 1.807) is 0 Å². The second kappa shape index (κ2) is 14.2. The number of ether oxygens (including phenoxy) is 1. The highest BCUT2D eigenvalue weighted by atomic mass is 32.1. The molecule has 2 aliphatic heterocycles. The van der Waals surface area contributed by atoms with Gasteiger partial charge < -0.3 is 20.3 Å². The van der Waals surface area contributed by atoms with E-state index in [4.69, 9.17) is 11.6 Å². The van der Waals surface area contributed by atoms with Crippen LogP contribution in [0.5, 0.6) is 0 Å². The molecule has 3 fully saturated rings. The zero-order valence-electron chi connectivity index (χ0n) is 30.8. The Labute approximate surface area is 274 Å². The van der Waals surface area contributed by atoms with Crippen LogP contribution in [0.4, 0.5) is 13.9 Å². The predicted molar refractivity (Wildman–Crippen MR) is 166 cm³/mol. The number of hydrogen-bond donors (Lipinski definition) is 2. The van der Waals surface area contributed by atoms with Gasteiger partial charge in [-0.15, -0.1) is 0 Å². The highest BCUT2D eigenvalue weighted by molar-refractivity contribution is 7.15. The fourth-order valence-electron chi connectivity index (χ4n) is 6.63. The first-order valence-corrected chi connectivity index (χ1v) is 16.3. The van der Waals surface area contributed by atoms with Crippen LogP contribution in [0.1, 0.15) is 94.4 Å². The molecule has 0 bridgehead atoms. The number of anilines is 1. The van der Waals surface area contributed by atoms with Gasteiger partial charge in [-0.3, -0.25) is 24.0 Å². The number of rotatable bonds is 10. The van der Waals surface area contributed by atoms with Gasteiger partial charge in [0.25, 0.3) is 11.8 Å². The highest BCUT2D eigenvalue weighted by Crippen LogP contribution is 2.37. The number of nitrogens with zero attached hydrogens (tertiary/aromatic N) is 5. The maximum absolute atomic E-state index is 14.6. The van der Waals surface area contributed by atoms with Gasteiger partial charge in [0.15, 0.2) is 5.13 Å². The molecule has 248 valence electrons. The number of halogens is 2. The Morgan fingerprint density at radius 3 is 2.67 bits per heavy atom. The Kier molecular flexibility index (Phi) is 8.58. The van der Waals surface area contributed by atoms with Crippen molar-refractivity contribution in [3.63, 3.8) is 0 Å². The Morgan fingerprint density at radius 1 is 1.22 bits per heavy atom. The normalized spacial score (nSPS) is 29.4. The summed E-state index contributed by atoms with van der Waals surface area (Å²) in [5.74, 6) is -4.73. The Bertz CT molecular complexity index is 1520. The largest absolute Gasteiger partial charge is 0.373 e. The summed E-state index contributed by atoms with van der Waals surface area (Å²) < 4.78 is 74.7. The fourth-order valence-corrected chi connectivity index (χ4v) is 7.56. The van der Waals surface area contributed by atoms with Gasteiger partial charge in [0.1, 0.15) is 11.7 Å². The minimum absolute atomic E-state index is 0.0881. The molecule has 5 rings (SSSR count). The zero-order valence-corrected chi connectivity index (χ0v) is 26.6. The number of thiazole rings is 1. The van der Waals surface area contributed by atoms with Crippen molar-refractivity contribution in [3.8, 4) is 0 Å². The van der Waals surface area contributed by atoms with Crippen LogP contribution in [-0.4, -0.2) is 92.6 Å². The van der Waals surface area contributed by atoms with Crippen molar-refractivity contribution >= 4 is 34.2 Å². The first kappa shape index (κ1) is 27.2. The number of amides is 3. The van der Waals surface area contributed by atoms with Gasteiger partial charge in [0, 0.05) is 55.5 Å². The third kappa shape index (κ3) is 8.25. The molecule has 0 aromatic carbocycles. The lowest BCUT2D eigenvalue weighted by Crippen LogP contribution is -2.53. The first-order valence-electron chi connectivity index (χ1n) is 18.0. The van der Waals surface area contributed by atoms with Crippen molar-refractivity contribution in [3.05, 3.63) is 29.0 Å². The molecule has 3 aliphatic rings. The molecule has 0 unspecified atom stereocenters. The first-order chi connectivity index (χ1) is 23.3. The van der Waals surface area contributed by atoms with Crippen LogP contribution in [0.15, 0.2) is 18.5 Å². The van der Waals surface area contributed by atoms with Gasteiger partial charge in [0.2, 0.25) is 11.8 Å². The van der Waals surface area contributed by atoms with Crippen molar-refractivity contribution in [2.45, 2.75) is 103 Å². The number of likely N-dealkylation sites (tertiary alicyclic amines) is 1. The van der Waals surface area contributed by atoms with Crippen molar-refractivity contribution in [2.24, 2.45) is 11.8 Å². The van der Waals surface area contributed by atoms with E-state index in [-0.39, 0.29) is 47.8 Å². The average molecular weight is 655 g/mol. The summed E-state index contributed by atoms with van der Waals surface area (Å²) in [5.41, 5.74) is -0.359. The third-order valence-electron chi connectivity index (χ3n) is 8.89. The lowest BCUT2D eigenvalue weighted by molar-refractivity contribution is -0.153. The Morgan fingerprint density at radius 2 is 1.96 bits per heavy atom. The molecule has 14 heteroatoms. The maximum atomic E-state index is 14.6. The average Bonchev–Trinajstić information content (AvgIpc) is 3.70. The summed E-state index contributed by atoms with van der Waals surface area (Å²) in [5, 5.41) is 9.40. The molecule has 2 N–H and O–H groups in total. The second-order valence-electron chi connectivity index (χ2n) is 12.6. The molecule has 1 aliphatic carbocycles. The quantitative estimate of drug-likeness (QED) is 0.391. The number of piperidine rings is 1. The van der Waals surface area contributed by atoms with Gasteiger partial charge in [-0.05, 0) is 51.4 Å². The summed E-state index contributed by atoms with van der Waals surface area (Å²) in [6.07, 6.45) is 4.51. The molecule has 0 spiro atoms. The summed E-state index contributed by atoms with van der Waals surface area (Å²) in [4.78, 5) is 48.7. The van der Waals surface area contributed by atoms with Crippen LogP contribution in [0.3, 0.4) is 0 Å². The van der Waals surface area contributed by atoms with Crippen molar-refractivity contribution in [1.82, 2.24) is 29.9 Å². The lowest BCUT2D eigenvalue weighted by Gasteiger charge is -2.42. The molecule has 0 radical (unpaired) electrons. The van der Waals surface area contributed by atoms with E-state index >= 15 is 0 Å². The van der Waals surface area contributed by atoms with Crippen molar-refractivity contribution in [1.29, 1.82) is 0 Å². The van der Waals surface area contributed by atoms with Crippen LogP contribution >= 0.6 is 11.3 Å². The Balaban J connectivity index is 1.38. The number of aryl methyl sites for hydroxylation is 1. The summed E-state index contributed by atoms with van der Waals surface area (Å²) >= 11 is 1.07. The topological polar surface area (TPSA) is 122 Å². The van der Waals surface area contributed by atoms with E-state index in [0.717, 1.165) is 30.4 Å². The van der Waals surface area contributed by atoms with Crippen LogP contribution < -0.4 is 10.6 Å². The van der Waals surface area contributed by atoms with Crippen LogP contribution in [-0.2, 0) is 20.8 Å². The molecule has 4 atom stereocenters. The number of morpholine rings is 1. The van der Waals surface area contributed by atoms with Gasteiger partial charge in [-0.25, -0.2) is 13.8 Å². The van der Waals surface area contributed by atoms with Gasteiger partial charge >= 0.3 is 0 Å². The van der Waals surface area contributed by atoms with Crippen LogP contribution in [0.2, 0.25) is 0 Å². The minimum atomic E-state index is -3.13. The van der Waals surface area contributed by atoms with Gasteiger partial charge in [-0.2, -0.15) is 5.10 Å². The van der Waals surface area contributed by atoms with E-state index in [0.29, 0.717) is 41.4 Å². The predicted octanol–water partition coefficient (Wildman–Crippen LogP) is 4.33. The standard InChI is InChI=1S/C31H45F2N7O4S/c1-5-40-23(11-13-35-40)28(42)36-27(22-8-6-19(2)7-9-22)29(43)37-30-34-14-25(45-30)24(17-38-15-20(3)44-21(4)16-38)39-18-31(32,33)12-10-26(39)41/h11,13-14,19-22,24,27H,5-10,12,15-18H2,1-4H3,(H,36,42)(H,34,37,43)/t19?,20-,21+,22?,24-,27+/m1/s1/i1D3,5D2. The van der Waals surface area contributed by atoms with E-state index < -0.39 is 56.1 Å². The number of nitrogens with one attached hydrogen (secondary N) is 2. The molecule has 2 aromatic rings. The number of alkyl halides is 2. The van der Waals surface area contributed by atoms with Gasteiger partial charge in [0.05, 0.1) is 32.4 Å². The molecule has 3 amide bonds. The zero-order chi connectivity index (χ0) is 36.6. The van der Waals surface area contributed by atoms with E-state index in [9.17, 15) is 23.2 Å². The van der Waals surface area contributed by atoms with E-state index in [2.05, 4.69) is 32.5 Å². The van der Waals surface area contributed by atoms with Crippen molar-refractivity contribution in [2.75, 3.05) is 31.5 Å². The molecule has 45 heavy (non-hydrogen) atoms. The number of carbonyl (C=O) groups is 3. The van der Waals surface area contributed by atoms with E-state index in [1.807, 2.05) is 13.8 Å². The van der Waals surface area contributed by atoms with Crippen molar-refractivity contribution < 1.29 is 34.8 Å². The third-order valence-corrected chi connectivity index (χ3v) is 9.91. The number of carbonyl (C=O) groups excluding carboxylic acids is 3. The maximum Gasteiger partial charge on any atom is 0.270 e. The van der Waals surface area contributed by atoms with Gasteiger partial charge in [-0.1, -0.05) is 31.1 Å². The Hall–Kier alpha value is -2.97. The fraction of sp³-hybridized carbons (Fsp3) is 0.710. The monoisotopic (exact) mass is 654 g/mol. The molecule has 1 saturated carbocycles. The molecule has 11 nitrogen and oxygen atoms in total. The lowest BCUT2D eigenvalue weighted by atomic mass is 9.79. The second-order valence-corrected chi connectivity index (χ2v) is 13.7. The molecule has 2 saturated heterocycles. The number of aromatic nitrogens is 3. The van der Waals surface area contributed by atoms with Crippen LogP contribution in [0.25, 0.3) is 0 Å². The summed E-state index contributed by atoms with van der Waals surface area (Å²) in [6.45, 7) is 0.487. The SMILES string of the molecule is [2H]C([2H])([2H])C([2H])([2H])n1nccc1C(=O)N[C@H](C(=O)Nc1ncc([C@@H](CN2C[C@@H](C)O[C@@H](C)C2)N2CC(F)(F)CCC2=O)s1)C1CCC(C)CC1. The number of hydrogen-bond acceptors (Lipinski definition) is 8. The summed E-state index contributed by atoms with van der Waals surface area (Å²) in [6, 6.07) is -0.650.